The molecule has 0 aromatic heterocycles. The maximum atomic E-state index is 12.0. The van der Waals surface area contributed by atoms with Gasteiger partial charge in [-0.1, -0.05) is 18.2 Å². The number of benzene rings is 2. The molecule has 1 amide bonds. The first-order chi connectivity index (χ1) is 11.7. The summed E-state index contributed by atoms with van der Waals surface area (Å²) in [6, 6.07) is 13.3. The molecule has 2 aromatic rings. The Bertz CT molecular complexity index is 668. The first-order valence-corrected chi connectivity index (χ1v) is 7.76. The minimum atomic E-state index is 0.0144. The van der Waals surface area contributed by atoms with Gasteiger partial charge < -0.3 is 19.5 Å². The number of rotatable bonds is 8. The molecular formula is C19H23NO4. The SMILES string of the molecule is COc1ccc(CNC(=O)CCc2ccc(OC)c(OC)c2)cc1. The lowest BCUT2D eigenvalue weighted by Gasteiger charge is -2.10. The van der Waals surface area contributed by atoms with Crippen molar-refractivity contribution in [1.29, 1.82) is 0 Å². The van der Waals surface area contributed by atoms with Crippen LogP contribution >= 0.6 is 0 Å². The fraction of sp³-hybridized carbons (Fsp3) is 0.316. The number of carbonyl (C=O) groups excluding carboxylic acids is 1. The van der Waals surface area contributed by atoms with Crippen molar-refractivity contribution < 1.29 is 19.0 Å². The zero-order valence-corrected chi connectivity index (χ0v) is 14.3. The van der Waals surface area contributed by atoms with E-state index in [9.17, 15) is 4.79 Å². The van der Waals surface area contributed by atoms with Gasteiger partial charge in [0.25, 0.3) is 0 Å². The molecule has 5 heteroatoms. The molecule has 0 saturated heterocycles. The fourth-order valence-electron chi connectivity index (χ4n) is 2.33. The van der Waals surface area contributed by atoms with E-state index in [1.54, 1.807) is 21.3 Å². The Morgan fingerprint density at radius 2 is 1.54 bits per heavy atom. The van der Waals surface area contributed by atoms with E-state index >= 15 is 0 Å². The molecular weight excluding hydrogens is 306 g/mol. The number of hydrogen-bond acceptors (Lipinski definition) is 4. The molecule has 0 bridgehead atoms. The first kappa shape index (κ1) is 17.7. The van der Waals surface area contributed by atoms with Crippen LogP contribution in [0.3, 0.4) is 0 Å². The van der Waals surface area contributed by atoms with Gasteiger partial charge in [-0.2, -0.15) is 0 Å². The summed E-state index contributed by atoms with van der Waals surface area (Å²) in [7, 11) is 4.83. The Kier molecular flexibility index (Phi) is 6.49. The van der Waals surface area contributed by atoms with Crippen molar-refractivity contribution in [1.82, 2.24) is 5.32 Å². The number of hydrogen-bond donors (Lipinski definition) is 1. The van der Waals surface area contributed by atoms with Crippen molar-refractivity contribution >= 4 is 5.91 Å². The highest BCUT2D eigenvalue weighted by atomic mass is 16.5. The molecule has 5 nitrogen and oxygen atoms in total. The second-order valence-electron chi connectivity index (χ2n) is 5.31. The van der Waals surface area contributed by atoms with E-state index in [0.29, 0.717) is 30.9 Å². The molecule has 2 aromatic carbocycles. The van der Waals surface area contributed by atoms with Gasteiger partial charge >= 0.3 is 0 Å². The third-order valence-electron chi connectivity index (χ3n) is 3.74. The fourth-order valence-corrected chi connectivity index (χ4v) is 2.33. The summed E-state index contributed by atoms with van der Waals surface area (Å²) in [6.07, 6.45) is 1.07. The number of ether oxygens (including phenoxy) is 3. The Balaban J connectivity index is 1.82. The molecule has 128 valence electrons. The molecule has 1 N–H and O–H groups in total. The Labute approximate surface area is 142 Å². The minimum Gasteiger partial charge on any atom is -0.497 e. The number of aryl methyl sites for hydroxylation is 1. The van der Waals surface area contributed by atoms with Gasteiger partial charge in [0.15, 0.2) is 11.5 Å². The molecule has 0 aliphatic rings. The molecule has 0 heterocycles. The zero-order chi connectivity index (χ0) is 17.4. The van der Waals surface area contributed by atoms with E-state index in [1.807, 2.05) is 42.5 Å². The Morgan fingerprint density at radius 1 is 0.875 bits per heavy atom. The van der Waals surface area contributed by atoms with Crippen LogP contribution in [0.2, 0.25) is 0 Å². The van der Waals surface area contributed by atoms with Crippen LogP contribution in [0.5, 0.6) is 17.2 Å². The lowest BCUT2D eigenvalue weighted by molar-refractivity contribution is -0.121. The third kappa shape index (κ3) is 4.91. The summed E-state index contributed by atoms with van der Waals surface area (Å²) < 4.78 is 15.6. The van der Waals surface area contributed by atoms with Crippen molar-refractivity contribution in [2.75, 3.05) is 21.3 Å². The lowest BCUT2D eigenvalue weighted by Crippen LogP contribution is -2.22. The number of amides is 1. The van der Waals surface area contributed by atoms with Gasteiger partial charge in [-0.25, -0.2) is 0 Å². The average molecular weight is 329 g/mol. The highest BCUT2D eigenvalue weighted by molar-refractivity contribution is 5.76. The maximum Gasteiger partial charge on any atom is 0.220 e. The van der Waals surface area contributed by atoms with Crippen LogP contribution in [0.15, 0.2) is 42.5 Å². The molecule has 0 unspecified atom stereocenters. The normalized spacial score (nSPS) is 10.1. The van der Waals surface area contributed by atoms with Crippen LogP contribution < -0.4 is 19.5 Å². The van der Waals surface area contributed by atoms with Gasteiger partial charge in [0, 0.05) is 13.0 Å². The maximum absolute atomic E-state index is 12.0. The topological polar surface area (TPSA) is 56.8 Å². The van der Waals surface area contributed by atoms with Crippen LogP contribution in [0.1, 0.15) is 17.5 Å². The van der Waals surface area contributed by atoms with E-state index in [2.05, 4.69) is 5.32 Å². The van der Waals surface area contributed by atoms with Gasteiger partial charge in [-0.3, -0.25) is 4.79 Å². The summed E-state index contributed by atoms with van der Waals surface area (Å²) in [5.74, 6) is 2.18. The van der Waals surface area contributed by atoms with E-state index < -0.39 is 0 Å². The van der Waals surface area contributed by atoms with Crippen molar-refractivity contribution in [2.45, 2.75) is 19.4 Å². The molecule has 0 radical (unpaired) electrons. The van der Waals surface area contributed by atoms with Crippen molar-refractivity contribution in [3.05, 3.63) is 53.6 Å². The predicted octanol–water partition coefficient (Wildman–Crippen LogP) is 2.96. The number of methoxy groups -OCH3 is 3. The third-order valence-corrected chi connectivity index (χ3v) is 3.74. The average Bonchev–Trinajstić information content (AvgIpc) is 2.64. The highest BCUT2D eigenvalue weighted by Crippen LogP contribution is 2.27. The van der Waals surface area contributed by atoms with Gasteiger partial charge in [-0.15, -0.1) is 0 Å². The Hall–Kier alpha value is -2.69. The smallest absolute Gasteiger partial charge is 0.220 e. The standard InChI is InChI=1S/C19H23NO4/c1-22-16-8-4-15(5-9-16)13-20-19(21)11-7-14-6-10-17(23-2)18(12-14)24-3/h4-6,8-10,12H,7,11,13H2,1-3H3,(H,20,21). The molecule has 0 aliphatic heterocycles. The van der Waals surface area contributed by atoms with Gasteiger partial charge in [-0.05, 0) is 41.8 Å². The number of carbonyl (C=O) groups is 1. The van der Waals surface area contributed by atoms with Gasteiger partial charge in [0.1, 0.15) is 5.75 Å². The van der Waals surface area contributed by atoms with Crippen molar-refractivity contribution in [2.24, 2.45) is 0 Å². The summed E-state index contributed by atoms with van der Waals surface area (Å²) in [5.41, 5.74) is 2.07. The zero-order valence-electron chi connectivity index (χ0n) is 14.3. The lowest BCUT2D eigenvalue weighted by atomic mass is 10.1. The van der Waals surface area contributed by atoms with E-state index in [1.165, 1.54) is 0 Å². The quantitative estimate of drug-likeness (QED) is 0.809. The molecule has 0 fully saturated rings. The first-order valence-electron chi connectivity index (χ1n) is 7.76. The molecule has 0 atom stereocenters. The molecule has 24 heavy (non-hydrogen) atoms. The van der Waals surface area contributed by atoms with Crippen LogP contribution in [0.4, 0.5) is 0 Å². The predicted molar refractivity (Wildman–Crippen MR) is 92.7 cm³/mol. The summed E-state index contributed by atoms with van der Waals surface area (Å²) in [5, 5.41) is 2.92. The van der Waals surface area contributed by atoms with Crippen LogP contribution in [0, 0.1) is 0 Å². The highest BCUT2D eigenvalue weighted by Gasteiger charge is 2.07. The van der Waals surface area contributed by atoms with E-state index in [4.69, 9.17) is 14.2 Å². The van der Waals surface area contributed by atoms with E-state index in [-0.39, 0.29) is 5.91 Å². The number of nitrogens with one attached hydrogen (secondary N) is 1. The van der Waals surface area contributed by atoms with Crippen molar-refractivity contribution in [3.63, 3.8) is 0 Å². The van der Waals surface area contributed by atoms with Crippen LogP contribution in [-0.4, -0.2) is 27.2 Å². The minimum absolute atomic E-state index is 0.0144. The van der Waals surface area contributed by atoms with Gasteiger partial charge in [0.2, 0.25) is 5.91 Å². The summed E-state index contributed by atoms with van der Waals surface area (Å²) >= 11 is 0. The second-order valence-corrected chi connectivity index (χ2v) is 5.31. The van der Waals surface area contributed by atoms with E-state index in [0.717, 1.165) is 16.9 Å². The van der Waals surface area contributed by atoms with Crippen LogP contribution in [-0.2, 0) is 17.8 Å². The molecule has 0 aliphatic carbocycles. The molecule has 2 rings (SSSR count). The summed E-state index contributed by atoms with van der Waals surface area (Å²) in [4.78, 5) is 12.0. The molecule has 0 spiro atoms. The largest absolute Gasteiger partial charge is 0.497 e. The second kappa shape index (κ2) is 8.82. The monoisotopic (exact) mass is 329 g/mol. The Morgan fingerprint density at radius 3 is 2.17 bits per heavy atom. The van der Waals surface area contributed by atoms with Gasteiger partial charge in [0.05, 0.1) is 21.3 Å². The van der Waals surface area contributed by atoms with Crippen LogP contribution in [0.25, 0.3) is 0 Å². The van der Waals surface area contributed by atoms with Crippen molar-refractivity contribution in [3.8, 4) is 17.2 Å². The summed E-state index contributed by atoms with van der Waals surface area (Å²) in [6.45, 7) is 0.509. The molecule has 0 saturated carbocycles.